The van der Waals surface area contributed by atoms with Gasteiger partial charge in [-0.2, -0.15) is 0 Å². The summed E-state index contributed by atoms with van der Waals surface area (Å²) in [5.41, 5.74) is 2.53. The van der Waals surface area contributed by atoms with Crippen molar-refractivity contribution in [2.75, 3.05) is 16.6 Å². The molecular weight excluding hydrogens is 468 g/mol. The number of nitrogens with zero attached hydrogens (tertiary/aromatic N) is 2. The number of H-pyrrole nitrogens is 2. The minimum absolute atomic E-state index is 0.0110. The largest absolute Gasteiger partial charge is 0.482 e. The highest BCUT2D eigenvalue weighted by Crippen LogP contribution is 2.35. The fraction of sp³-hybridized carbons (Fsp3) is 0.0952. The summed E-state index contributed by atoms with van der Waals surface area (Å²) in [4.78, 5) is 48.5. The smallest absolute Gasteiger partial charge is 0.315 e. The molecule has 4 aromatic rings. The van der Waals surface area contributed by atoms with E-state index in [0.29, 0.717) is 38.4 Å². The highest BCUT2D eigenvalue weighted by molar-refractivity contribution is 8.00. The summed E-state index contributed by atoms with van der Waals surface area (Å²) in [6, 6.07) is 8.80. The van der Waals surface area contributed by atoms with E-state index in [9.17, 15) is 14.4 Å². The summed E-state index contributed by atoms with van der Waals surface area (Å²) in [5.74, 6) is 0.371. The highest BCUT2D eigenvalue weighted by Gasteiger charge is 2.17. The third-order valence-electron chi connectivity index (χ3n) is 4.85. The number of aromatic amines is 2. The van der Waals surface area contributed by atoms with Crippen molar-refractivity contribution in [3.8, 4) is 17.0 Å². The van der Waals surface area contributed by atoms with Crippen molar-refractivity contribution in [1.82, 2.24) is 19.9 Å². The first-order valence-electron chi connectivity index (χ1n) is 9.67. The van der Waals surface area contributed by atoms with Crippen LogP contribution in [0.4, 0.5) is 11.4 Å². The number of rotatable bonds is 4. The molecule has 166 valence electrons. The molecule has 1 aliphatic heterocycles. The first kappa shape index (κ1) is 21.0. The average molecular weight is 483 g/mol. The van der Waals surface area contributed by atoms with E-state index < -0.39 is 11.1 Å². The lowest BCUT2D eigenvalue weighted by molar-refractivity contribution is -0.118. The molecule has 0 spiro atoms. The van der Waals surface area contributed by atoms with Crippen LogP contribution in [0.25, 0.3) is 22.4 Å². The molecule has 10 nitrogen and oxygen atoms in total. The summed E-state index contributed by atoms with van der Waals surface area (Å²) < 4.78 is 8.51. The number of ether oxygens (including phenoxy) is 1. The van der Waals surface area contributed by atoms with Crippen LogP contribution < -0.4 is 25.9 Å². The molecule has 1 amide bonds. The van der Waals surface area contributed by atoms with Gasteiger partial charge in [-0.05, 0) is 42.8 Å². The minimum Gasteiger partial charge on any atom is -0.482 e. The molecule has 4 heterocycles. The van der Waals surface area contributed by atoms with E-state index >= 15 is 0 Å². The Kier molecular flexibility index (Phi) is 5.27. The lowest BCUT2D eigenvalue weighted by Crippen LogP contribution is -2.29. The Morgan fingerprint density at radius 1 is 1.12 bits per heavy atom. The van der Waals surface area contributed by atoms with Gasteiger partial charge in [0.2, 0.25) is 0 Å². The number of halogens is 1. The summed E-state index contributed by atoms with van der Waals surface area (Å²) in [7, 11) is 0. The number of hydrogen-bond donors (Lipinski definition) is 4. The van der Waals surface area contributed by atoms with Gasteiger partial charge in [0.05, 0.1) is 33.8 Å². The molecule has 1 aromatic carbocycles. The van der Waals surface area contributed by atoms with Crippen LogP contribution in [0.1, 0.15) is 5.56 Å². The number of nitrogens with one attached hydrogen (secondary N) is 4. The number of fused-ring (bicyclic) bond motifs is 2. The van der Waals surface area contributed by atoms with Crippen molar-refractivity contribution in [1.29, 1.82) is 0 Å². The first-order chi connectivity index (χ1) is 15.9. The van der Waals surface area contributed by atoms with Crippen molar-refractivity contribution in [3.05, 3.63) is 67.8 Å². The van der Waals surface area contributed by atoms with Gasteiger partial charge < -0.3 is 24.7 Å². The fourth-order valence-corrected chi connectivity index (χ4v) is 4.24. The molecule has 1 aliphatic rings. The lowest BCUT2D eigenvalue weighted by atomic mass is 10.1. The average Bonchev–Trinajstić information content (AvgIpc) is 2.78. The van der Waals surface area contributed by atoms with E-state index in [0.717, 1.165) is 11.1 Å². The van der Waals surface area contributed by atoms with Crippen molar-refractivity contribution < 1.29 is 9.53 Å². The summed E-state index contributed by atoms with van der Waals surface area (Å²) in [6.45, 7) is 1.83. The number of benzene rings is 1. The molecule has 0 fully saturated rings. The Bertz CT molecular complexity index is 1550. The summed E-state index contributed by atoms with van der Waals surface area (Å²) >= 11 is 7.70. The van der Waals surface area contributed by atoms with Crippen LogP contribution in [-0.4, -0.2) is 32.4 Å². The van der Waals surface area contributed by atoms with Gasteiger partial charge in [-0.15, -0.1) is 0 Å². The predicted octanol–water partition coefficient (Wildman–Crippen LogP) is 3.09. The Hall–Kier alpha value is -3.83. The summed E-state index contributed by atoms with van der Waals surface area (Å²) in [5, 5.41) is 3.78. The first-order valence-corrected chi connectivity index (χ1v) is 10.9. The van der Waals surface area contributed by atoms with E-state index in [1.165, 1.54) is 11.9 Å². The molecule has 0 aliphatic carbocycles. The SMILES string of the molecule is Cc1cc2[nH]c(=O)c(=O)[nH]c2nc1SNc1cnc(-c2ccc3c(c2)NC(=O)CO3)c(Cl)c1. The third kappa shape index (κ3) is 4.15. The Labute approximate surface area is 194 Å². The van der Waals surface area contributed by atoms with Crippen molar-refractivity contribution in [2.45, 2.75) is 11.9 Å². The molecule has 0 radical (unpaired) electrons. The van der Waals surface area contributed by atoms with Gasteiger partial charge in [-0.25, -0.2) is 4.98 Å². The molecule has 0 unspecified atom stereocenters. The second-order valence-corrected chi connectivity index (χ2v) is 8.42. The molecule has 0 saturated carbocycles. The molecule has 0 atom stereocenters. The van der Waals surface area contributed by atoms with Crippen LogP contribution >= 0.6 is 23.5 Å². The molecule has 12 heteroatoms. The fourth-order valence-electron chi connectivity index (χ4n) is 3.28. The molecule has 0 bridgehead atoms. The quantitative estimate of drug-likeness (QED) is 0.257. The highest BCUT2D eigenvalue weighted by atomic mass is 35.5. The Balaban J connectivity index is 1.37. The maximum atomic E-state index is 11.6. The number of pyridine rings is 2. The normalized spacial score (nSPS) is 12.7. The monoisotopic (exact) mass is 482 g/mol. The van der Waals surface area contributed by atoms with Crippen LogP contribution in [-0.2, 0) is 4.79 Å². The molecule has 33 heavy (non-hydrogen) atoms. The van der Waals surface area contributed by atoms with Crippen molar-refractivity contribution in [3.63, 3.8) is 0 Å². The molecular formula is C21H15ClN6O4S. The zero-order valence-corrected chi connectivity index (χ0v) is 18.6. The van der Waals surface area contributed by atoms with Gasteiger partial charge in [-0.1, -0.05) is 11.6 Å². The number of anilines is 2. The number of aromatic nitrogens is 4. The van der Waals surface area contributed by atoms with E-state index in [4.69, 9.17) is 16.3 Å². The zero-order chi connectivity index (χ0) is 23.1. The van der Waals surface area contributed by atoms with Crippen LogP contribution in [0.15, 0.2) is 51.1 Å². The van der Waals surface area contributed by atoms with E-state index in [2.05, 4.69) is 30.0 Å². The van der Waals surface area contributed by atoms with E-state index in [1.807, 2.05) is 13.0 Å². The molecule has 4 N–H and O–H groups in total. The maximum absolute atomic E-state index is 11.6. The number of aryl methyl sites for hydroxylation is 1. The predicted molar refractivity (Wildman–Crippen MR) is 126 cm³/mol. The summed E-state index contributed by atoms with van der Waals surface area (Å²) in [6.07, 6.45) is 1.62. The van der Waals surface area contributed by atoms with Crippen LogP contribution in [0, 0.1) is 6.92 Å². The van der Waals surface area contributed by atoms with E-state index in [1.54, 1.807) is 30.5 Å². The Morgan fingerprint density at radius 3 is 2.76 bits per heavy atom. The molecule has 3 aromatic heterocycles. The standard InChI is InChI=1S/C21H15ClN6O4S/c1-9-4-14-18(26-20(31)19(30)25-14)27-21(9)33-28-11-6-12(22)17(23-7-11)10-2-3-15-13(5-10)24-16(29)8-32-15/h2-7,28H,8H2,1H3,(H,24,29)(H,25,30)(H,26,27,31). The second-order valence-electron chi connectivity index (χ2n) is 7.22. The van der Waals surface area contributed by atoms with Crippen molar-refractivity contribution in [2.24, 2.45) is 0 Å². The van der Waals surface area contributed by atoms with Gasteiger partial charge in [0.15, 0.2) is 12.3 Å². The Morgan fingerprint density at radius 2 is 1.94 bits per heavy atom. The van der Waals surface area contributed by atoms with Crippen LogP contribution in [0.2, 0.25) is 5.02 Å². The second kappa shape index (κ2) is 8.26. The zero-order valence-electron chi connectivity index (χ0n) is 17.0. The number of hydrogen-bond acceptors (Lipinski definition) is 8. The van der Waals surface area contributed by atoms with Gasteiger partial charge in [-0.3, -0.25) is 19.4 Å². The van der Waals surface area contributed by atoms with E-state index in [-0.39, 0.29) is 18.2 Å². The van der Waals surface area contributed by atoms with Gasteiger partial charge >= 0.3 is 11.1 Å². The third-order valence-corrected chi connectivity index (χ3v) is 6.08. The van der Waals surface area contributed by atoms with Crippen LogP contribution in [0.5, 0.6) is 5.75 Å². The number of amides is 1. The number of carbonyl (C=O) groups is 1. The van der Waals surface area contributed by atoms with Crippen molar-refractivity contribution >= 4 is 52.0 Å². The molecule has 5 rings (SSSR count). The topological polar surface area (TPSA) is 142 Å². The van der Waals surface area contributed by atoms with Gasteiger partial charge in [0, 0.05) is 17.5 Å². The molecule has 0 saturated heterocycles. The number of carbonyl (C=O) groups excluding carboxylic acids is 1. The maximum Gasteiger partial charge on any atom is 0.315 e. The lowest BCUT2D eigenvalue weighted by Gasteiger charge is -2.18. The van der Waals surface area contributed by atoms with Gasteiger partial charge in [0.1, 0.15) is 10.8 Å². The van der Waals surface area contributed by atoms with Crippen LogP contribution in [0.3, 0.4) is 0 Å². The van der Waals surface area contributed by atoms with Gasteiger partial charge in [0.25, 0.3) is 5.91 Å². The minimum atomic E-state index is -0.761.